The molecule has 0 saturated carbocycles. The summed E-state index contributed by atoms with van der Waals surface area (Å²) in [5, 5.41) is 20.6. The van der Waals surface area contributed by atoms with Gasteiger partial charge in [0.05, 0.1) is 6.61 Å². The van der Waals surface area contributed by atoms with Gasteiger partial charge in [-0.3, -0.25) is 4.90 Å². The van der Waals surface area contributed by atoms with Crippen LogP contribution in [0.4, 0.5) is 4.79 Å². The molecule has 3 N–H and O–H groups in total. The molecular weight excluding hydrogens is 262 g/mol. The highest BCUT2D eigenvalue weighted by molar-refractivity contribution is 5.82. The van der Waals surface area contributed by atoms with Gasteiger partial charge in [0.25, 0.3) is 0 Å². The molecule has 0 aromatic heterocycles. The molecule has 20 heavy (non-hydrogen) atoms. The number of hydrogen-bond donors (Lipinski definition) is 3. The molecule has 0 aromatic carbocycles. The number of hydrogen-bond acceptors (Lipinski definition) is 4. The smallest absolute Gasteiger partial charge is 0.326 e. The fourth-order valence-electron chi connectivity index (χ4n) is 2.22. The van der Waals surface area contributed by atoms with Crippen molar-refractivity contribution in [2.75, 3.05) is 39.3 Å². The van der Waals surface area contributed by atoms with Gasteiger partial charge in [0, 0.05) is 32.7 Å². The van der Waals surface area contributed by atoms with Crippen molar-refractivity contribution >= 4 is 12.0 Å². The first kappa shape index (κ1) is 16.7. The van der Waals surface area contributed by atoms with E-state index >= 15 is 0 Å². The minimum atomic E-state index is -0.994. The van der Waals surface area contributed by atoms with Gasteiger partial charge in [-0.05, 0) is 5.92 Å². The van der Waals surface area contributed by atoms with Crippen molar-refractivity contribution in [1.29, 1.82) is 0 Å². The molecule has 2 atom stereocenters. The normalized spacial score (nSPS) is 19.4. The number of β-amino-alcohol motifs (C(OH)–C–C–N with tert-alkyl or cyclic N) is 1. The van der Waals surface area contributed by atoms with Gasteiger partial charge < -0.3 is 20.4 Å². The summed E-state index contributed by atoms with van der Waals surface area (Å²) in [4.78, 5) is 27.0. The Morgan fingerprint density at radius 1 is 1.25 bits per heavy atom. The Balaban J connectivity index is 2.48. The number of carbonyl (C=O) groups excluding carboxylic acids is 1. The lowest BCUT2D eigenvalue weighted by atomic mass is 9.99. The molecule has 1 aliphatic heterocycles. The third-order valence-electron chi connectivity index (χ3n) is 3.83. The van der Waals surface area contributed by atoms with Crippen molar-refractivity contribution in [3.05, 3.63) is 0 Å². The molecule has 1 aliphatic rings. The van der Waals surface area contributed by atoms with Crippen LogP contribution in [0.5, 0.6) is 0 Å². The van der Waals surface area contributed by atoms with Crippen LogP contribution >= 0.6 is 0 Å². The van der Waals surface area contributed by atoms with E-state index in [9.17, 15) is 9.59 Å². The van der Waals surface area contributed by atoms with E-state index in [-0.39, 0.29) is 18.6 Å². The van der Waals surface area contributed by atoms with E-state index in [1.807, 2.05) is 13.8 Å². The predicted octanol–water partition coefficient (Wildman–Crippen LogP) is -0.195. The summed E-state index contributed by atoms with van der Waals surface area (Å²) in [6.45, 7) is 6.96. The van der Waals surface area contributed by atoms with E-state index in [2.05, 4.69) is 10.2 Å². The molecule has 116 valence electrons. The second kappa shape index (κ2) is 8.06. The summed E-state index contributed by atoms with van der Waals surface area (Å²) in [5.74, 6) is -1.10. The number of carbonyl (C=O) groups is 2. The van der Waals surface area contributed by atoms with Crippen LogP contribution in [0.15, 0.2) is 0 Å². The molecule has 0 aliphatic carbocycles. The zero-order chi connectivity index (χ0) is 15.1. The summed E-state index contributed by atoms with van der Waals surface area (Å²) in [7, 11) is 0. The summed E-state index contributed by atoms with van der Waals surface area (Å²) < 4.78 is 0. The SMILES string of the molecule is CCC(C)[C@H](NC(=O)N1CCN(CCO)CC1)C(=O)O. The number of piperazine rings is 1. The van der Waals surface area contributed by atoms with Gasteiger partial charge >= 0.3 is 12.0 Å². The largest absolute Gasteiger partial charge is 0.480 e. The molecule has 0 spiro atoms. The van der Waals surface area contributed by atoms with Crippen LogP contribution in [-0.4, -0.2) is 77.4 Å². The Labute approximate surface area is 119 Å². The molecule has 1 saturated heterocycles. The van der Waals surface area contributed by atoms with E-state index < -0.39 is 12.0 Å². The second-order valence-electron chi connectivity index (χ2n) is 5.20. The topological polar surface area (TPSA) is 93.1 Å². The van der Waals surface area contributed by atoms with Gasteiger partial charge in [-0.1, -0.05) is 20.3 Å². The first-order valence-electron chi connectivity index (χ1n) is 7.11. The molecule has 1 fully saturated rings. The molecule has 7 heteroatoms. The second-order valence-corrected chi connectivity index (χ2v) is 5.20. The maximum atomic E-state index is 12.1. The Kier molecular flexibility index (Phi) is 6.74. The molecule has 0 bridgehead atoms. The highest BCUT2D eigenvalue weighted by Gasteiger charge is 2.28. The zero-order valence-corrected chi connectivity index (χ0v) is 12.2. The number of aliphatic hydroxyl groups is 1. The standard InChI is InChI=1S/C13H25N3O4/c1-3-10(2)11(12(18)19)14-13(20)16-6-4-15(5-7-16)8-9-17/h10-11,17H,3-9H2,1-2H3,(H,14,20)(H,18,19)/t10?,11-/m0/s1. The molecular formula is C13H25N3O4. The van der Waals surface area contributed by atoms with E-state index in [0.717, 1.165) is 0 Å². The molecule has 1 rings (SSSR count). The summed E-state index contributed by atoms with van der Waals surface area (Å²) in [5.41, 5.74) is 0. The van der Waals surface area contributed by atoms with Gasteiger partial charge in [0.1, 0.15) is 6.04 Å². The number of aliphatic hydroxyl groups excluding tert-OH is 1. The summed E-state index contributed by atoms with van der Waals surface area (Å²) >= 11 is 0. The van der Waals surface area contributed by atoms with Crippen molar-refractivity contribution in [2.24, 2.45) is 5.92 Å². The van der Waals surface area contributed by atoms with Crippen molar-refractivity contribution in [3.63, 3.8) is 0 Å². The van der Waals surface area contributed by atoms with E-state index in [1.54, 1.807) is 4.90 Å². The number of rotatable bonds is 6. The molecule has 0 radical (unpaired) electrons. The number of amides is 2. The lowest BCUT2D eigenvalue weighted by Gasteiger charge is -2.35. The number of nitrogens with zero attached hydrogens (tertiary/aromatic N) is 2. The van der Waals surface area contributed by atoms with Crippen LogP contribution in [0.3, 0.4) is 0 Å². The quantitative estimate of drug-likeness (QED) is 0.629. The third kappa shape index (κ3) is 4.64. The van der Waals surface area contributed by atoms with Crippen LogP contribution in [0.2, 0.25) is 0 Å². The molecule has 7 nitrogen and oxygen atoms in total. The van der Waals surface area contributed by atoms with Gasteiger partial charge in [-0.25, -0.2) is 9.59 Å². The minimum Gasteiger partial charge on any atom is -0.480 e. The minimum absolute atomic E-state index is 0.105. The number of aliphatic carboxylic acids is 1. The average Bonchev–Trinajstić information content (AvgIpc) is 2.44. The van der Waals surface area contributed by atoms with Crippen LogP contribution < -0.4 is 5.32 Å². The Hall–Kier alpha value is -1.34. The number of nitrogens with one attached hydrogen (secondary N) is 1. The molecule has 1 unspecified atom stereocenters. The summed E-state index contributed by atoms with van der Waals surface area (Å²) in [6, 6.07) is -1.16. The van der Waals surface area contributed by atoms with E-state index in [4.69, 9.17) is 10.2 Å². The monoisotopic (exact) mass is 287 g/mol. The van der Waals surface area contributed by atoms with Crippen molar-refractivity contribution < 1.29 is 19.8 Å². The fraction of sp³-hybridized carbons (Fsp3) is 0.846. The maximum Gasteiger partial charge on any atom is 0.326 e. The van der Waals surface area contributed by atoms with Crippen molar-refractivity contribution in [2.45, 2.75) is 26.3 Å². The van der Waals surface area contributed by atoms with Gasteiger partial charge in [0.15, 0.2) is 0 Å². The number of carboxylic acids is 1. The lowest BCUT2D eigenvalue weighted by Crippen LogP contribution is -2.56. The van der Waals surface area contributed by atoms with Crippen LogP contribution in [0.25, 0.3) is 0 Å². The number of carboxylic acid groups (broad SMARTS) is 1. The number of urea groups is 1. The van der Waals surface area contributed by atoms with Crippen LogP contribution in [-0.2, 0) is 4.79 Å². The van der Waals surface area contributed by atoms with Gasteiger partial charge in [0.2, 0.25) is 0 Å². The Morgan fingerprint density at radius 3 is 2.30 bits per heavy atom. The fourth-order valence-corrected chi connectivity index (χ4v) is 2.22. The zero-order valence-electron chi connectivity index (χ0n) is 12.2. The first-order valence-corrected chi connectivity index (χ1v) is 7.11. The van der Waals surface area contributed by atoms with Gasteiger partial charge in [-0.15, -0.1) is 0 Å². The summed E-state index contributed by atoms with van der Waals surface area (Å²) in [6.07, 6.45) is 0.696. The van der Waals surface area contributed by atoms with Crippen molar-refractivity contribution in [1.82, 2.24) is 15.1 Å². The van der Waals surface area contributed by atoms with Gasteiger partial charge in [-0.2, -0.15) is 0 Å². The van der Waals surface area contributed by atoms with Crippen LogP contribution in [0, 0.1) is 5.92 Å². The van der Waals surface area contributed by atoms with E-state index in [0.29, 0.717) is 39.1 Å². The molecule has 2 amide bonds. The van der Waals surface area contributed by atoms with Crippen molar-refractivity contribution in [3.8, 4) is 0 Å². The van der Waals surface area contributed by atoms with Crippen LogP contribution in [0.1, 0.15) is 20.3 Å². The Bertz CT molecular complexity index is 330. The van der Waals surface area contributed by atoms with E-state index in [1.165, 1.54) is 0 Å². The highest BCUT2D eigenvalue weighted by atomic mass is 16.4. The average molecular weight is 287 g/mol. The Morgan fingerprint density at radius 2 is 1.85 bits per heavy atom. The first-order chi connectivity index (χ1) is 9.49. The maximum absolute atomic E-state index is 12.1. The lowest BCUT2D eigenvalue weighted by molar-refractivity contribution is -0.140. The molecule has 0 aromatic rings. The third-order valence-corrected chi connectivity index (χ3v) is 3.83. The highest BCUT2D eigenvalue weighted by Crippen LogP contribution is 2.09. The molecule has 1 heterocycles. The predicted molar refractivity (Wildman–Crippen MR) is 74.5 cm³/mol.